The van der Waals surface area contributed by atoms with Crippen LogP contribution in [0.1, 0.15) is 11.3 Å². The van der Waals surface area contributed by atoms with E-state index in [1.165, 1.54) is 36.4 Å². The summed E-state index contributed by atoms with van der Waals surface area (Å²) in [5.41, 5.74) is -0.110. The van der Waals surface area contributed by atoms with E-state index in [4.69, 9.17) is 21.6 Å². The highest BCUT2D eigenvalue weighted by molar-refractivity contribution is 7.91. The van der Waals surface area contributed by atoms with Crippen LogP contribution in [0.2, 0.25) is 5.02 Å². The first-order valence-electron chi connectivity index (χ1n) is 10.0. The van der Waals surface area contributed by atoms with Crippen molar-refractivity contribution in [2.24, 2.45) is 0 Å². The number of fused-ring (bicyclic) bond motifs is 1. The highest BCUT2D eigenvalue weighted by atomic mass is 35.5. The number of rotatable bonds is 5. The normalized spacial score (nSPS) is 11.9. The lowest BCUT2D eigenvalue weighted by atomic mass is 10.1. The Kier molecular flexibility index (Phi) is 6.40. The van der Waals surface area contributed by atoms with E-state index in [1.807, 2.05) is 0 Å². The van der Waals surface area contributed by atoms with Gasteiger partial charge in [0.2, 0.25) is 0 Å². The summed E-state index contributed by atoms with van der Waals surface area (Å²) in [6, 6.07) is 15.5. The molecular weight excluding hydrogens is 503 g/mol. The van der Waals surface area contributed by atoms with Gasteiger partial charge in [0.15, 0.2) is 9.84 Å². The molecule has 178 valence electrons. The Balaban J connectivity index is 1.70. The molecule has 11 heteroatoms. The second kappa shape index (κ2) is 9.17. The van der Waals surface area contributed by atoms with E-state index in [0.717, 1.165) is 6.07 Å². The number of nitriles is 1. The van der Waals surface area contributed by atoms with Gasteiger partial charge in [-0.1, -0.05) is 17.7 Å². The van der Waals surface area contributed by atoms with Gasteiger partial charge in [-0.2, -0.15) is 18.4 Å². The molecule has 0 aliphatic rings. The maximum Gasteiger partial charge on any atom is 0.418 e. The van der Waals surface area contributed by atoms with Gasteiger partial charge in [0.1, 0.15) is 22.8 Å². The van der Waals surface area contributed by atoms with Crippen molar-refractivity contribution in [1.82, 2.24) is 9.97 Å². The summed E-state index contributed by atoms with van der Waals surface area (Å²) < 4.78 is 69.9. The van der Waals surface area contributed by atoms with Gasteiger partial charge in [0, 0.05) is 5.56 Å². The molecule has 0 N–H and O–H groups in total. The SMILES string of the molecule is Cc1nc2c(C(F)(F)F)cccc2nc1-c1cc(Oc2ccc(S(=O)(=O)CC#N)cc2)ccc1Cl. The van der Waals surface area contributed by atoms with E-state index in [-0.39, 0.29) is 21.6 Å². The zero-order valence-corrected chi connectivity index (χ0v) is 19.5. The lowest BCUT2D eigenvalue weighted by Gasteiger charge is -2.14. The molecule has 0 spiro atoms. The van der Waals surface area contributed by atoms with E-state index in [2.05, 4.69) is 9.97 Å². The van der Waals surface area contributed by atoms with Crippen LogP contribution in [-0.2, 0) is 16.0 Å². The molecule has 1 heterocycles. The molecule has 35 heavy (non-hydrogen) atoms. The third-order valence-electron chi connectivity index (χ3n) is 5.04. The third-order valence-corrected chi connectivity index (χ3v) is 6.87. The number of hydrogen-bond donors (Lipinski definition) is 0. The molecule has 0 aliphatic heterocycles. The minimum absolute atomic E-state index is 0.0107. The predicted octanol–water partition coefficient (Wildman–Crippen LogP) is 6.37. The van der Waals surface area contributed by atoms with Crippen LogP contribution in [0.5, 0.6) is 11.5 Å². The summed E-state index contributed by atoms with van der Waals surface area (Å²) in [6.45, 7) is 1.54. The smallest absolute Gasteiger partial charge is 0.418 e. The maximum absolute atomic E-state index is 13.4. The van der Waals surface area contributed by atoms with Crippen LogP contribution in [0.4, 0.5) is 13.2 Å². The summed E-state index contributed by atoms with van der Waals surface area (Å²) in [6.07, 6.45) is -4.57. The molecule has 3 aromatic carbocycles. The molecule has 4 aromatic rings. The van der Waals surface area contributed by atoms with Gasteiger partial charge in [-0.25, -0.2) is 18.4 Å². The first-order valence-corrected chi connectivity index (χ1v) is 12.0. The minimum Gasteiger partial charge on any atom is -0.457 e. The summed E-state index contributed by atoms with van der Waals surface area (Å²) in [7, 11) is -3.70. The van der Waals surface area contributed by atoms with E-state index >= 15 is 0 Å². The molecule has 0 atom stereocenters. The van der Waals surface area contributed by atoms with Crippen LogP contribution in [0, 0.1) is 18.3 Å². The molecule has 0 bridgehead atoms. The monoisotopic (exact) mass is 517 g/mol. The molecule has 0 saturated carbocycles. The summed E-state index contributed by atoms with van der Waals surface area (Å²) >= 11 is 6.37. The molecule has 1 aromatic heterocycles. The number of halogens is 4. The van der Waals surface area contributed by atoms with E-state index in [9.17, 15) is 21.6 Å². The highest BCUT2D eigenvalue weighted by Gasteiger charge is 2.33. The van der Waals surface area contributed by atoms with Crippen molar-refractivity contribution in [3.05, 3.63) is 76.9 Å². The van der Waals surface area contributed by atoms with Gasteiger partial charge in [-0.3, -0.25) is 0 Å². The lowest BCUT2D eigenvalue weighted by Crippen LogP contribution is -2.08. The van der Waals surface area contributed by atoms with E-state index in [0.29, 0.717) is 27.8 Å². The number of benzene rings is 3. The fourth-order valence-electron chi connectivity index (χ4n) is 3.41. The van der Waals surface area contributed by atoms with Gasteiger partial charge in [0.25, 0.3) is 0 Å². The van der Waals surface area contributed by atoms with Crippen LogP contribution in [0.15, 0.2) is 65.6 Å². The van der Waals surface area contributed by atoms with E-state index < -0.39 is 27.3 Å². The first-order chi connectivity index (χ1) is 16.5. The van der Waals surface area contributed by atoms with Crippen molar-refractivity contribution in [2.45, 2.75) is 18.0 Å². The van der Waals surface area contributed by atoms with Crippen LogP contribution >= 0.6 is 11.6 Å². The summed E-state index contributed by atoms with van der Waals surface area (Å²) in [4.78, 5) is 8.54. The summed E-state index contributed by atoms with van der Waals surface area (Å²) in [5, 5.41) is 8.95. The molecule has 6 nitrogen and oxygen atoms in total. The average molecular weight is 518 g/mol. The zero-order valence-electron chi connectivity index (χ0n) is 18.0. The lowest BCUT2D eigenvalue weighted by molar-refractivity contribution is -0.136. The number of sulfone groups is 1. The van der Waals surface area contributed by atoms with Gasteiger partial charge in [0.05, 0.1) is 38.5 Å². The summed E-state index contributed by atoms with van der Waals surface area (Å²) in [5.74, 6) is 0.0253. The number of alkyl halides is 3. The van der Waals surface area contributed by atoms with Crippen molar-refractivity contribution in [3.63, 3.8) is 0 Å². The van der Waals surface area contributed by atoms with Gasteiger partial charge < -0.3 is 4.74 Å². The van der Waals surface area contributed by atoms with Crippen LogP contribution < -0.4 is 4.74 Å². The second-order valence-electron chi connectivity index (χ2n) is 7.46. The fourth-order valence-corrected chi connectivity index (χ4v) is 4.51. The molecule has 0 unspecified atom stereocenters. The predicted molar refractivity (Wildman–Crippen MR) is 124 cm³/mol. The minimum atomic E-state index is -4.57. The maximum atomic E-state index is 13.4. The largest absolute Gasteiger partial charge is 0.457 e. The topological polar surface area (TPSA) is 92.9 Å². The molecule has 0 radical (unpaired) electrons. The Morgan fingerprint density at radius 1 is 1.03 bits per heavy atom. The quantitative estimate of drug-likeness (QED) is 0.305. The first kappa shape index (κ1) is 24.4. The molecule has 0 saturated heterocycles. The van der Waals surface area contributed by atoms with E-state index in [1.54, 1.807) is 31.2 Å². The van der Waals surface area contributed by atoms with Crippen molar-refractivity contribution in [1.29, 1.82) is 5.26 Å². The van der Waals surface area contributed by atoms with Crippen molar-refractivity contribution < 1.29 is 26.3 Å². The Morgan fingerprint density at radius 3 is 2.37 bits per heavy atom. The van der Waals surface area contributed by atoms with Gasteiger partial charge in [-0.15, -0.1) is 0 Å². The second-order valence-corrected chi connectivity index (χ2v) is 9.86. The number of para-hydroxylation sites is 1. The van der Waals surface area contributed by atoms with Crippen molar-refractivity contribution in [3.8, 4) is 28.8 Å². The van der Waals surface area contributed by atoms with Gasteiger partial charge in [-0.05, 0) is 61.5 Å². The highest BCUT2D eigenvalue weighted by Crippen LogP contribution is 2.37. The third kappa shape index (κ3) is 5.06. The Morgan fingerprint density at radius 2 is 1.71 bits per heavy atom. The number of aryl methyl sites for hydroxylation is 1. The molecule has 0 aliphatic carbocycles. The van der Waals surface area contributed by atoms with Crippen LogP contribution in [0.25, 0.3) is 22.3 Å². The number of hydrogen-bond acceptors (Lipinski definition) is 6. The number of ether oxygens (including phenoxy) is 1. The molecular formula is C24H15ClF3N3O3S. The Labute approximate surface area is 203 Å². The van der Waals surface area contributed by atoms with Crippen LogP contribution in [0.3, 0.4) is 0 Å². The van der Waals surface area contributed by atoms with Gasteiger partial charge >= 0.3 is 6.18 Å². The standard InChI is InChI=1S/C24H15ClF3N3O3S/c1-14-22(31-21-4-2-3-19(23(21)30-14)24(26,27)28)18-13-16(7-10-20(18)25)34-15-5-8-17(9-6-15)35(32,33)12-11-29/h2-10,13H,12H2,1H3. The average Bonchev–Trinajstić information content (AvgIpc) is 2.79. The van der Waals surface area contributed by atoms with Crippen molar-refractivity contribution in [2.75, 3.05) is 5.75 Å². The fraction of sp³-hybridized carbons (Fsp3) is 0.125. The molecule has 0 amide bonds. The molecule has 0 fully saturated rings. The Bertz CT molecular complexity index is 1580. The van der Waals surface area contributed by atoms with Crippen molar-refractivity contribution >= 4 is 32.5 Å². The zero-order chi connectivity index (χ0) is 25.4. The number of nitrogens with zero attached hydrogens (tertiary/aromatic N) is 3. The Hall–Kier alpha value is -3.68. The number of aromatic nitrogens is 2. The van der Waals surface area contributed by atoms with Crippen LogP contribution in [-0.4, -0.2) is 24.1 Å². The molecule has 4 rings (SSSR count).